The number of carbonyl (C=O) groups excluding carboxylic acids is 1. The number of nitriles is 1. The molecule has 1 aliphatic rings. The molecule has 0 radical (unpaired) electrons. The van der Waals surface area contributed by atoms with E-state index >= 15 is 0 Å². The van der Waals surface area contributed by atoms with E-state index in [1.165, 1.54) is 19.1 Å². The maximum absolute atomic E-state index is 11.8. The Kier molecular flexibility index (Phi) is 4.13. The maximum atomic E-state index is 11.8. The van der Waals surface area contributed by atoms with Gasteiger partial charge in [-0.2, -0.15) is 5.26 Å². The lowest BCUT2D eigenvalue weighted by atomic mass is 10.2. The highest BCUT2D eigenvalue weighted by atomic mass is 35.5. The Bertz CT molecular complexity index is 538. The fourth-order valence-electron chi connectivity index (χ4n) is 1.60. The zero-order chi connectivity index (χ0) is 13.8. The Morgan fingerprint density at radius 3 is 2.95 bits per heavy atom. The van der Waals surface area contributed by atoms with Crippen LogP contribution in [-0.2, 0) is 4.74 Å². The summed E-state index contributed by atoms with van der Waals surface area (Å²) in [5.41, 5.74) is 0.233. The molecule has 0 N–H and O–H groups in total. The van der Waals surface area contributed by atoms with Gasteiger partial charge >= 0.3 is 5.97 Å². The summed E-state index contributed by atoms with van der Waals surface area (Å²) in [6.45, 7) is 2.50. The number of hydrogen-bond donors (Lipinski definition) is 0. The summed E-state index contributed by atoms with van der Waals surface area (Å²) in [5, 5.41) is 8.90. The molecule has 1 heterocycles. The second-order valence-electron chi connectivity index (χ2n) is 4.01. The number of rotatable bonds is 2. The number of carbonyl (C=O) groups is 1. The van der Waals surface area contributed by atoms with Gasteiger partial charge in [-0.1, -0.05) is 11.6 Å². The van der Waals surface area contributed by atoms with Gasteiger partial charge in [0.1, 0.15) is 6.07 Å². The van der Waals surface area contributed by atoms with Crippen molar-refractivity contribution in [1.29, 1.82) is 5.26 Å². The van der Waals surface area contributed by atoms with Crippen LogP contribution < -0.4 is 9.47 Å². The zero-order valence-corrected chi connectivity index (χ0v) is 11.1. The first-order valence-electron chi connectivity index (χ1n) is 5.81. The van der Waals surface area contributed by atoms with Gasteiger partial charge in [0.25, 0.3) is 0 Å². The van der Waals surface area contributed by atoms with Crippen LogP contribution in [0.2, 0.25) is 5.02 Å². The fourth-order valence-corrected chi connectivity index (χ4v) is 1.87. The number of benzene rings is 1. The minimum absolute atomic E-state index is 0.233. The first-order valence-corrected chi connectivity index (χ1v) is 6.19. The van der Waals surface area contributed by atoms with Crippen LogP contribution in [0.4, 0.5) is 0 Å². The van der Waals surface area contributed by atoms with E-state index in [1.54, 1.807) is 0 Å². The highest BCUT2D eigenvalue weighted by molar-refractivity contribution is 6.32. The third kappa shape index (κ3) is 3.09. The predicted octanol–water partition coefficient (Wildman–Crippen LogP) is 2.57. The van der Waals surface area contributed by atoms with E-state index < -0.39 is 12.1 Å². The van der Waals surface area contributed by atoms with Gasteiger partial charge < -0.3 is 14.2 Å². The van der Waals surface area contributed by atoms with Gasteiger partial charge in [0.15, 0.2) is 17.6 Å². The maximum Gasteiger partial charge on any atom is 0.339 e. The minimum atomic E-state index is -0.817. The first-order chi connectivity index (χ1) is 9.11. The van der Waals surface area contributed by atoms with E-state index in [2.05, 4.69) is 0 Å². The molecule has 0 fully saturated rings. The summed E-state index contributed by atoms with van der Waals surface area (Å²) in [4.78, 5) is 11.8. The molecule has 1 aromatic carbocycles. The van der Waals surface area contributed by atoms with Gasteiger partial charge in [-0.15, -0.1) is 0 Å². The SMILES string of the molecule is C[C@@H](C#N)OC(=O)c1cc(Cl)c2c(c1)OCCCO2. The number of nitrogens with zero attached hydrogens (tertiary/aromatic N) is 1. The van der Waals surface area contributed by atoms with Crippen molar-refractivity contribution >= 4 is 17.6 Å². The largest absolute Gasteiger partial charge is 0.489 e. The first kappa shape index (κ1) is 13.5. The van der Waals surface area contributed by atoms with Crippen LogP contribution >= 0.6 is 11.6 Å². The molecule has 19 heavy (non-hydrogen) atoms. The average molecular weight is 282 g/mol. The molecular weight excluding hydrogens is 270 g/mol. The molecule has 0 aromatic heterocycles. The van der Waals surface area contributed by atoms with E-state index in [0.29, 0.717) is 24.7 Å². The van der Waals surface area contributed by atoms with Crippen molar-refractivity contribution in [2.75, 3.05) is 13.2 Å². The van der Waals surface area contributed by atoms with Crippen LogP contribution in [0.25, 0.3) is 0 Å². The lowest BCUT2D eigenvalue weighted by Gasteiger charge is -2.11. The van der Waals surface area contributed by atoms with Crippen LogP contribution in [0.3, 0.4) is 0 Å². The Hall–Kier alpha value is -1.93. The monoisotopic (exact) mass is 281 g/mol. The van der Waals surface area contributed by atoms with Crippen molar-refractivity contribution < 1.29 is 19.0 Å². The van der Waals surface area contributed by atoms with E-state index in [-0.39, 0.29) is 10.6 Å². The Balaban J connectivity index is 2.28. The lowest BCUT2D eigenvalue weighted by molar-refractivity contribution is 0.0435. The zero-order valence-electron chi connectivity index (χ0n) is 10.3. The van der Waals surface area contributed by atoms with Crippen LogP contribution in [0, 0.1) is 11.3 Å². The van der Waals surface area contributed by atoms with E-state index in [1.807, 2.05) is 6.07 Å². The summed E-state index contributed by atoms with van der Waals surface area (Å²) < 4.78 is 15.8. The van der Waals surface area contributed by atoms with Crippen molar-refractivity contribution in [3.63, 3.8) is 0 Å². The second kappa shape index (κ2) is 5.81. The minimum Gasteiger partial charge on any atom is -0.489 e. The van der Waals surface area contributed by atoms with Crippen LogP contribution in [0.5, 0.6) is 11.5 Å². The van der Waals surface area contributed by atoms with Crippen molar-refractivity contribution in [3.8, 4) is 17.6 Å². The Labute approximate surface area is 115 Å². The van der Waals surface area contributed by atoms with Gasteiger partial charge in [-0.25, -0.2) is 4.79 Å². The quantitative estimate of drug-likeness (QED) is 0.779. The normalized spacial score (nSPS) is 15.0. The highest BCUT2D eigenvalue weighted by Gasteiger charge is 2.20. The van der Waals surface area contributed by atoms with Crippen molar-refractivity contribution in [3.05, 3.63) is 22.7 Å². The van der Waals surface area contributed by atoms with E-state index in [0.717, 1.165) is 6.42 Å². The molecule has 0 amide bonds. The molecule has 1 atom stereocenters. The molecule has 2 rings (SSSR count). The van der Waals surface area contributed by atoms with Gasteiger partial charge in [-0.3, -0.25) is 0 Å². The fraction of sp³-hybridized carbons (Fsp3) is 0.385. The van der Waals surface area contributed by atoms with Crippen molar-refractivity contribution in [2.45, 2.75) is 19.4 Å². The molecule has 6 heteroatoms. The second-order valence-corrected chi connectivity index (χ2v) is 4.42. The predicted molar refractivity (Wildman–Crippen MR) is 67.5 cm³/mol. The van der Waals surface area contributed by atoms with E-state index in [4.69, 9.17) is 31.1 Å². The molecule has 0 spiro atoms. The molecule has 1 aromatic rings. The molecule has 0 saturated carbocycles. The van der Waals surface area contributed by atoms with Gasteiger partial charge in [0.2, 0.25) is 0 Å². The molecule has 0 bridgehead atoms. The third-order valence-corrected chi connectivity index (χ3v) is 2.78. The Morgan fingerprint density at radius 1 is 1.47 bits per heavy atom. The number of ether oxygens (including phenoxy) is 3. The standard InChI is InChI=1S/C13H12ClNO4/c1-8(7-15)19-13(16)9-5-10(14)12-11(6-9)17-3-2-4-18-12/h5-6,8H,2-4H2,1H3/t8-/m0/s1. The molecule has 1 aliphatic heterocycles. The third-order valence-electron chi connectivity index (χ3n) is 2.50. The van der Waals surface area contributed by atoms with Crippen LogP contribution in [0.15, 0.2) is 12.1 Å². The summed E-state index contributed by atoms with van der Waals surface area (Å²) >= 11 is 6.06. The van der Waals surface area contributed by atoms with E-state index in [9.17, 15) is 4.79 Å². The number of halogens is 1. The van der Waals surface area contributed by atoms with Gasteiger partial charge in [0, 0.05) is 6.42 Å². The molecule has 5 nitrogen and oxygen atoms in total. The molecule has 0 unspecified atom stereocenters. The van der Waals surface area contributed by atoms with Crippen LogP contribution in [0.1, 0.15) is 23.7 Å². The Morgan fingerprint density at radius 2 is 2.21 bits per heavy atom. The number of fused-ring (bicyclic) bond motifs is 1. The highest BCUT2D eigenvalue weighted by Crippen LogP contribution is 2.38. The number of hydrogen-bond acceptors (Lipinski definition) is 5. The summed E-state index contributed by atoms with van der Waals surface area (Å²) in [6.07, 6.45) is -0.0711. The molecule has 100 valence electrons. The molecule has 0 aliphatic carbocycles. The summed E-state index contributed by atoms with van der Waals surface area (Å²) in [6, 6.07) is 4.78. The molecular formula is C13H12ClNO4. The summed E-state index contributed by atoms with van der Waals surface area (Å²) in [7, 11) is 0. The smallest absolute Gasteiger partial charge is 0.339 e. The van der Waals surface area contributed by atoms with Crippen molar-refractivity contribution in [1.82, 2.24) is 0 Å². The van der Waals surface area contributed by atoms with Crippen molar-refractivity contribution in [2.24, 2.45) is 0 Å². The van der Waals surface area contributed by atoms with Gasteiger partial charge in [-0.05, 0) is 19.1 Å². The topological polar surface area (TPSA) is 68.5 Å². The van der Waals surface area contributed by atoms with Gasteiger partial charge in [0.05, 0.1) is 23.8 Å². The van der Waals surface area contributed by atoms with Crippen LogP contribution in [-0.4, -0.2) is 25.3 Å². The number of esters is 1. The lowest BCUT2D eigenvalue weighted by Crippen LogP contribution is -2.13. The molecule has 0 saturated heterocycles. The average Bonchev–Trinajstić information content (AvgIpc) is 2.63. The summed E-state index contributed by atoms with van der Waals surface area (Å²) in [5.74, 6) is 0.234.